The first kappa shape index (κ1) is 18.3. The molecule has 8 heteroatoms. The molecule has 0 N–H and O–H groups in total. The van der Waals surface area contributed by atoms with Crippen LogP contribution in [0.15, 0.2) is 16.9 Å². The standard InChI is InChI=1S/C19H21N3O3S2/c1-3-11-5-6-14-12(7-11)8-15(26-14)18(24)25-10-13-9-17(23)22-19(20-13)27-16(4-2)21-22/h8-9,11H,3-7,10H2,1-2H3/t11-/m1/s1. The van der Waals surface area contributed by atoms with Crippen LogP contribution in [0.5, 0.6) is 0 Å². The van der Waals surface area contributed by atoms with E-state index in [1.54, 1.807) is 0 Å². The fraction of sp³-hybridized carbons (Fsp3) is 0.474. The molecule has 142 valence electrons. The Morgan fingerprint density at radius 1 is 1.33 bits per heavy atom. The molecule has 1 aliphatic carbocycles. The summed E-state index contributed by atoms with van der Waals surface area (Å²) < 4.78 is 6.73. The number of nitrogens with zero attached hydrogens (tertiary/aromatic N) is 3. The number of carbonyl (C=O) groups is 1. The lowest BCUT2D eigenvalue weighted by molar-refractivity contribution is 0.0473. The number of esters is 1. The van der Waals surface area contributed by atoms with E-state index in [0.717, 1.165) is 24.3 Å². The summed E-state index contributed by atoms with van der Waals surface area (Å²) in [6.07, 6.45) is 5.22. The molecular weight excluding hydrogens is 382 g/mol. The molecule has 3 aromatic rings. The van der Waals surface area contributed by atoms with Gasteiger partial charge in [-0.05, 0) is 43.2 Å². The minimum absolute atomic E-state index is 0.00984. The lowest BCUT2D eigenvalue weighted by Gasteiger charge is -2.19. The van der Waals surface area contributed by atoms with E-state index in [0.29, 0.717) is 21.4 Å². The number of aryl methyl sites for hydroxylation is 2. The molecular formula is C19H21N3O3S2. The maximum absolute atomic E-state index is 12.5. The first-order valence-corrected chi connectivity index (χ1v) is 10.9. The summed E-state index contributed by atoms with van der Waals surface area (Å²) in [7, 11) is 0. The molecule has 27 heavy (non-hydrogen) atoms. The highest BCUT2D eigenvalue weighted by molar-refractivity contribution is 7.16. The molecule has 0 spiro atoms. The Labute approximate surface area is 164 Å². The van der Waals surface area contributed by atoms with Crippen molar-refractivity contribution in [1.82, 2.24) is 14.6 Å². The number of fused-ring (bicyclic) bond motifs is 2. The average Bonchev–Trinajstić information content (AvgIpc) is 3.29. The summed E-state index contributed by atoms with van der Waals surface area (Å²) in [5.74, 6) is 0.371. The van der Waals surface area contributed by atoms with Crippen molar-refractivity contribution in [2.45, 2.75) is 52.6 Å². The third-order valence-corrected chi connectivity index (χ3v) is 7.23. The zero-order valence-corrected chi connectivity index (χ0v) is 17.0. The first-order valence-electron chi connectivity index (χ1n) is 9.24. The van der Waals surface area contributed by atoms with Gasteiger partial charge in [0.15, 0.2) is 0 Å². The van der Waals surface area contributed by atoms with Gasteiger partial charge in [0.2, 0.25) is 4.96 Å². The van der Waals surface area contributed by atoms with Crippen molar-refractivity contribution >= 4 is 33.6 Å². The van der Waals surface area contributed by atoms with Crippen molar-refractivity contribution in [3.63, 3.8) is 0 Å². The summed E-state index contributed by atoms with van der Waals surface area (Å²) in [5.41, 5.74) is 1.49. The zero-order valence-electron chi connectivity index (χ0n) is 15.4. The molecule has 0 fully saturated rings. The van der Waals surface area contributed by atoms with Gasteiger partial charge < -0.3 is 4.74 Å². The summed E-state index contributed by atoms with van der Waals surface area (Å²) in [6.45, 7) is 4.19. The maximum atomic E-state index is 12.5. The fourth-order valence-electron chi connectivity index (χ4n) is 3.37. The highest BCUT2D eigenvalue weighted by atomic mass is 32.1. The second kappa shape index (κ2) is 7.52. The Balaban J connectivity index is 1.47. The number of ether oxygens (including phenoxy) is 1. The molecule has 1 atom stereocenters. The number of hydrogen-bond donors (Lipinski definition) is 0. The van der Waals surface area contributed by atoms with Crippen molar-refractivity contribution in [1.29, 1.82) is 0 Å². The molecule has 1 aliphatic rings. The monoisotopic (exact) mass is 403 g/mol. The molecule has 0 amide bonds. The van der Waals surface area contributed by atoms with E-state index in [4.69, 9.17) is 4.74 Å². The molecule has 3 heterocycles. The van der Waals surface area contributed by atoms with Crippen LogP contribution in [0.25, 0.3) is 4.96 Å². The van der Waals surface area contributed by atoms with Gasteiger partial charge in [0.25, 0.3) is 5.56 Å². The number of thiophene rings is 1. The third-order valence-electron chi connectivity index (χ3n) is 4.96. The van der Waals surface area contributed by atoms with E-state index in [2.05, 4.69) is 17.0 Å². The number of aromatic nitrogens is 3. The second-order valence-corrected chi connectivity index (χ2v) is 8.96. The Morgan fingerprint density at radius 2 is 2.19 bits per heavy atom. The highest BCUT2D eigenvalue weighted by Crippen LogP contribution is 2.33. The van der Waals surface area contributed by atoms with Crippen molar-refractivity contribution < 1.29 is 9.53 Å². The predicted octanol–water partition coefficient (Wildman–Crippen LogP) is 3.65. The summed E-state index contributed by atoms with van der Waals surface area (Å²) >= 11 is 2.91. The molecule has 4 rings (SSSR count). The minimum atomic E-state index is -0.344. The molecule has 0 aromatic carbocycles. The minimum Gasteiger partial charge on any atom is -0.455 e. The van der Waals surface area contributed by atoms with Crippen molar-refractivity contribution in [2.75, 3.05) is 0 Å². The smallest absolute Gasteiger partial charge is 0.348 e. The normalized spacial score (nSPS) is 16.4. The van der Waals surface area contributed by atoms with E-state index in [-0.39, 0.29) is 18.1 Å². The Bertz CT molecular complexity index is 1050. The molecule has 0 unspecified atom stereocenters. The number of carbonyl (C=O) groups excluding carboxylic acids is 1. The second-order valence-electron chi connectivity index (χ2n) is 6.78. The van der Waals surface area contributed by atoms with Crippen LogP contribution >= 0.6 is 22.7 Å². The number of rotatable bonds is 5. The van der Waals surface area contributed by atoms with Gasteiger partial charge in [-0.3, -0.25) is 4.79 Å². The molecule has 0 radical (unpaired) electrons. The Kier molecular flexibility index (Phi) is 5.10. The van der Waals surface area contributed by atoms with Gasteiger partial charge in [-0.25, -0.2) is 9.78 Å². The lowest BCUT2D eigenvalue weighted by Crippen LogP contribution is -2.16. The van der Waals surface area contributed by atoms with Gasteiger partial charge in [-0.15, -0.1) is 11.3 Å². The molecule has 0 saturated heterocycles. The van der Waals surface area contributed by atoms with Crippen LogP contribution in [0, 0.1) is 5.92 Å². The lowest BCUT2D eigenvalue weighted by atomic mass is 9.87. The van der Waals surface area contributed by atoms with Crippen LogP contribution in [0.4, 0.5) is 0 Å². The van der Waals surface area contributed by atoms with Gasteiger partial charge in [0.1, 0.15) is 16.5 Å². The van der Waals surface area contributed by atoms with Crippen molar-refractivity contribution in [2.24, 2.45) is 5.92 Å². The van der Waals surface area contributed by atoms with Gasteiger partial charge in [-0.2, -0.15) is 9.61 Å². The van der Waals surface area contributed by atoms with Crippen LogP contribution < -0.4 is 5.56 Å². The van der Waals surface area contributed by atoms with E-state index < -0.39 is 0 Å². The zero-order chi connectivity index (χ0) is 19.0. The van der Waals surface area contributed by atoms with E-state index in [1.165, 1.54) is 56.5 Å². The topological polar surface area (TPSA) is 73.6 Å². The number of hydrogen-bond acceptors (Lipinski definition) is 7. The van der Waals surface area contributed by atoms with Crippen molar-refractivity contribution in [3.05, 3.63) is 48.5 Å². The SMILES string of the molecule is CCc1nn2c(=O)cc(COC(=O)c3cc4c(s3)CC[C@@H](CC)C4)nc2s1. The van der Waals surface area contributed by atoms with Crippen LogP contribution in [0.1, 0.15) is 57.5 Å². The Hall–Kier alpha value is -2.06. The van der Waals surface area contributed by atoms with Gasteiger partial charge in [0.05, 0.1) is 5.69 Å². The quantitative estimate of drug-likeness (QED) is 0.608. The largest absolute Gasteiger partial charge is 0.455 e. The molecule has 3 aromatic heterocycles. The first-order chi connectivity index (χ1) is 13.1. The molecule has 0 aliphatic heterocycles. The summed E-state index contributed by atoms with van der Waals surface area (Å²) in [4.78, 5) is 31.5. The summed E-state index contributed by atoms with van der Waals surface area (Å²) in [6, 6.07) is 3.36. The van der Waals surface area contributed by atoms with Crippen LogP contribution in [0.3, 0.4) is 0 Å². The summed E-state index contributed by atoms with van der Waals surface area (Å²) in [5, 5.41) is 5.07. The molecule has 0 bridgehead atoms. The van der Waals surface area contributed by atoms with E-state index >= 15 is 0 Å². The molecule has 0 saturated carbocycles. The van der Waals surface area contributed by atoms with Crippen LogP contribution in [-0.4, -0.2) is 20.6 Å². The van der Waals surface area contributed by atoms with E-state index in [9.17, 15) is 9.59 Å². The third kappa shape index (κ3) is 3.68. The van der Waals surface area contributed by atoms with Crippen LogP contribution in [0.2, 0.25) is 0 Å². The highest BCUT2D eigenvalue weighted by Gasteiger charge is 2.22. The van der Waals surface area contributed by atoms with Crippen molar-refractivity contribution in [3.8, 4) is 0 Å². The maximum Gasteiger partial charge on any atom is 0.348 e. The van der Waals surface area contributed by atoms with E-state index in [1.807, 2.05) is 13.0 Å². The Morgan fingerprint density at radius 3 is 2.96 bits per heavy atom. The molecule has 6 nitrogen and oxygen atoms in total. The van der Waals surface area contributed by atoms with Crippen LogP contribution in [-0.2, 0) is 30.6 Å². The fourth-order valence-corrected chi connectivity index (χ4v) is 5.33. The van der Waals surface area contributed by atoms with Gasteiger partial charge in [0, 0.05) is 10.9 Å². The van der Waals surface area contributed by atoms with Gasteiger partial charge in [-0.1, -0.05) is 31.6 Å². The van der Waals surface area contributed by atoms with Gasteiger partial charge >= 0.3 is 5.97 Å². The average molecular weight is 404 g/mol. The predicted molar refractivity (Wildman–Crippen MR) is 106 cm³/mol.